The maximum atomic E-state index is 14.0. The number of nitrogens with two attached hydrogens (primary N) is 9. The molecule has 12 amide bonds. The van der Waals surface area contributed by atoms with E-state index < -0.39 is 207 Å². The minimum absolute atomic E-state index is 0.0363. The number of aliphatic hydroxyl groups excluding tert-OH is 3. The van der Waals surface area contributed by atoms with Crippen LogP contribution in [-0.2, 0) is 67.1 Å². The third-order valence-electron chi connectivity index (χ3n) is 11.5. The van der Waals surface area contributed by atoms with E-state index in [1.807, 2.05) is 10.6 Å². The van der Waals surface area contributed by atoms with Gasteiger partial charge in [-0.15, -0.1) is 0 Å². The van der Waals surface area contributed by atoms with Gasteiger partial charge in [0.2, 0.25) is 70.9 Å². The molecule has 39 heteroatoms. The lowest BCUT2D eigenvalue weighted by Crippen LogP contribution is -2.62. The number of carbonyl (C=O) groups is 14. The topological polar surface area (TPSA) is 707 Å². The van der Waals surface area contributed by atoms with E-state index in [1.54, 1.807) is 0 Å². The van der Waals surface area contributed by atoms with Gasteiger partial charge in [-0.05, 0) is 58.4 Å². The fourth-order valence-electron chi connectivity index (χ4n) is 7.16. The van der Waals surface area contributed by atoms with Gasteiger partial charge in [0.1, 0.15) is 54.4 Å². The third-order valence-corrected chi connectivity index (χ3v) is 11.5. The minimum atomic E-state index is -2.07. The maximum Gasteiger partial charge on any atom is 0.326 e. The second kappa shape index (κ2) is 39.4. The highest BCUT2D eigenvalue weighted by Gasteiger charge is 2.37. The number of amides is 12. The number of carboxylic acids is 2. The summed E-state index contributed by atoms with van der Waals surface area (Å²) in [6, 6.07) is -18.3. The Morgan fingerprint density at radius 3 is 1.12 bits per heavy atom. The Balaban J connectivity index is 6.73. The molecule has 0 saturated heterocycles. The molecule has 0 heterocycles. The highest BCUT2D eigenvalue weighted by atomic mass is 16.4. The van der Waals surface area contributed by atoms with Gasteiger partial charge < -0.3 is 125 Å². The summed E-state index contributed by atoms with van der Waals surface area (Å²) in [6.07, 6.45) is -5.98. The quantitative estimate of drug-likeness (QED) is 0.0153. The van der Waals surface area contributed by atoms with Crippen LogP contribution in [0.25, 0.3) is 0 Å². The van der Waals surface area contributed by atoms with Crippen LogP contribution < -0.4 is 99.5 Å². The molecule has 0 fully saturated rings. The van der Waals surface area contributed by atoms with Crippen molar-refractivity contribution in [2.75, 3.05) is 32.8 Å². The van der Waals surface area contributed by atoms with Gasteiger partial charge in [-0.25, -0.2) is 4.79 Å². The summed E-state index contributed by atoms with van der Waals surface area (Å²) in [5.41, 5.74) is 48.5. The number of unbranched alkanes of at least 4 members (excludes halogenated alkanes) is 1. The van der Waals surface area contributed by atoms with Crippen LogP contribution in [0.2, 0.25) is 0 Å². The molecule has 0 aliphatic carbocycles. The number of aliphatic imine (C=N–C) groups is 2. The van der Waals surface area contributed by atoms with E-state index in [1.165, 1.54) is 0 Å². The zero-order valence-electron chi connectivity index (χ0n) is 45.9. The average molecular weight is 1210 g/mol. The van der Waals surface area contributed by atoms with Crippen molar-refractivity contribution in [1.29, 1.82) is 0 Å². The first-order valence-electron chi connectivity index (χ1n) is 25.8. The first kappa shape index (κ1) is 74.9. The highest BCUT2D eigenvalue weighted by Crippen LogP contribution is 2.09. The summed E-state index contributed by atoms with van der Waals surface area (Å²) in [7, 11) is 0. The van der Waals surface area contributed by atoms with Crippen LogP contribution >= 0.6 is 0 Å². The van der Waals surface area contributed by atoms with Gasteiger partial charge in [0, 0.05) is 19.5 Å². The number of carbonyl (C=O) groups excluding carboxylic acids is 12. The van der Waals surface area contributed by atoms with E-state index in [2.05, 4.69) is 47.2 Å². The average Bonchev–Trinajstić information content (AvgIpc) is 3.51. The van der Waals surface area contributed by atoms with Gasteiger partial charge in [0.15, 0.2) is 11.9 Å². The standard InChI is InChI=1S/C45H80N20O19/c1-19(68)33(65-41(81)28(18-67)64-39(79)24(14-29(48)69)60-34(74)20(47)6-2-3-11-46)42(82)58-21(7-4-12-55-44(51)52)35(75)61-25(15-30(49)70)37(77)57-22(9-10-32(72)73)36(76)63-27(17-66)40(80)62-26(16-31(50)71)38(78)59-23(43(83)84)8-5-13-56-45(53)54/h19-28,33,66-68H,2-18,46-47H2,1H3,(H2,48,69)(H2,49,70)(H2,50,71)(H,57,77)(H,58,82)(H,59,78)(H,60,74)(H,61,75)(H,62,80)(H,63,76)(H,64,79)(H,65,81)(H,72,73)(H,83,84)(H4,51,52,55)(H4,53,54,56)/t19-,20+,21+,22+,23+,24+,25+,26+,27+,28+,33+/m1/s1. The van der Waals surface area contributed by atoms with Crippen molar-refractivity contribution < 1.29 is 92.7 Å². The molecule has 0 rings (SSSR count). The van der Waals surface area contributed by atoms with Gasteiger partial charge in [0.25, 0.3) is 0 Å². The van der Waals surface area contributed by atoms with E-state index in [0.29, 0.717) is 19.4 Å². The molecule has 0 aliphatic heterocycles. The van der Waals surface area contributed by atoms with Crippen molar-refractivity contribution in [2.24, 2.45) is 61.6 Å². The van der Waals surface area contributed by atoms with Gasteiger partial charge in [-0.3, -0.25) is 72.3 Å². The predicted octanol–water partition coefficient (Wildman–Crippen LogP) is -13.1. The molecule has 11 atom stereocenters. The van der Waals surface area contributed by atoms with Crippen molar-refractivity contribution in [3.05, 3.63) is 0 Å². The lowest BCUT2D eigenvalue weighted by Gasteiger charge is -2.28. The van der Waals surface area contributed by atoms with Crippen LogP contribution in [0, 0.1) is 0 Å². The normalized spacial score (nSPS) is 14.7. The van der Waals surface area contributed by atoms with Gasteiger partial charge in [0.05, 0.1) is 44.6 Å². The fraction of sp³-hybridized carbons (Fsp3) is 0.644. The molecule has 0 bridgehead atoms. The Hall–Kier alpha value is -9.08. The molecule has 0 aliphatic rings. The molecule has 0 unspecified atom stereocenters. The molecule has 32 N–H and O–H groups in total. The number of nitrogens with one attached hydrogen (secondary N) is 9. The SMILES string of the molecule is C[C@@H](O)[C@H](NC(=O)[C@H](CO)NC(=O)[C@H](CC(N)=O)NC(=O)[C@@H](N)CCCCN)C(=O)N[C@@H](CCCN=C(N)N)C(=O)N[C@@H](CC(N)=O)C(=O)N[C@@H](CCC(=O)O)C(=O)N[C@@H](CO)C(=O)N[C@@H](CC(N)=O)C(=O)N[C@@H](CCCN=C(N)N)C(=O)O. The molecule has 0 aromatic carbocycles. The molecule has 474 valence electrons. The Kier molecular flexibility index (Phi) is 35.1. The molecule has 0 saturated carbocycles. The van der Waals surface area contributed by atoms with Crippen molar-refractivity contribution in [3.63, 3.8) is 0 Å². The van der Waals surface area contributed by atoms with Crippen LogP contribution in [0.5, 0.6) is 0 Å². The molecule has 0 spiro atoms. The van der Waals surface area contributed by atoms with Crippen LogP contribution in [-0.4, -0.2) is 220 Å². The fourth-order valence-corrected chi connectivity index (χ4v) is 7.16. The first-order valence-corrected chi connectivity index (χ1v) is 25.8. The van der Waals surface area contributed by atoms with Gasteiger partial charge >= 0.3 is 11.9 Å². The van der Waals surface area contributed by atoms with Crippen molar-refractivity contribution in [2.45, 2.75) is 150 Å². The summed E-state index contributed by atoms with van der Waals surface area (Å²) in [4.78, 5) is 188. The summed E-state index contributed by atoms with van der Waals surface area (Å²) in [6.45, 7) is -1.38. The Labute approximate surface area is 479 Å². The number of carboxylic acid groups (broad SMARTS) is 2. The zero-order chi connectivity index (χ0) is 64.4. The lowest BCUT2D eigenvalue weighted by molar-refractivity contribution is -0.143. The van der Waals surface area contributed by atoms with Gasteiger partial charge in [-0.1, -0.05) is 6.42 Å². The number of hydrogen-bond donors (Lipinski definition) is 23. The minimum Gasteiger partial charge on any atom is -0.481 e. The number of guanidine groups is 2. The van der Waals surface area contributed by atoms with E-state index in [-0.39, 0.29) is 44.7 Å². The molecule has 39 nitrogen and oxygen atoms in total. The Morgan fingerprint density at radius 2 is 0.750 bits per heavy atom. The Bertz CT molecular complexity index is 2370. The highest BCUT2D eigenvalue weighted by molar-refractivity contribution is 6.00. The Morgan fingerprint density at radius 1 is 0.417 bits per heavy atom. The van der Waals surface area contributed by atoms with Crippen LogP contribution in [0.3, 0.4) is 0 Å². The van der Waals surface area contributed by atoms with E-state index in [9.17, 15) is 92.7 Å². The number of nitrogens with zero attached hydrogens (tertiary/aromatic N) is 2. The summed E-state index contributed by atoms with van der Waals surface area (Å²) >= 11 is 0. The molecular weight excluding hydrogens is 1120 g/mol. The van der Waals surface area contributed by atoms with Crippen molar-refractivity contribution >= 4 is 94.7 Å². The monoisotopic (exact) mass is 1200 g/mol. The first-order chi connectivity index (χ1) is 39.3. The second-order valence-corrected chi connectivity index (χ2v) is 18.7. The number of aliphatic hydroxyl groups is 3. The molecule has 0 aromatic rings. The molecule has 84 heavy (non-hydrogen) atoms. The molecule has 0 aromatic heterocycles. The van der Waals surface area contributed by atoms with E-state index in [0.717, 1.165) is 6.92 Å². The summed E-state index contributed by atoms with van der Waals surface area (Å²) in [5.74, 6) is -18.9. The summed E-state index contributed by atoms with van der Waals surface area (Å²) < 4.78 is 0. The number of aliphatic carboxylic acids is 2. The smallest absolute Gasteiger partial charge is 0.326 e. The van der Waals surface area contributed by atoms with Crippen LogP contribution in [0.15, 0.2) is 9.98 Å². The second-order valence-electron chi connectivity index (χ2n) is 18.7. The van der Waals surface area contributed by atoms with Crippen molar-refractivity contribution in [3.8, 4) is 0 Å². The number of hydrogen-bond acceptors (Lipinski definition) is 21. The van der Waals surface area contributed by atoms with E-state index >= 15 is 0 Å². The molecule has 0 radical (unpaired) electrons. The third kappa shape index (κ3) is 30.7. The van der Waals surface area contributed by atoms with Crippen LogP contribution in [0.1, 0.15) is 84.0 Å². The van der Waals surface area contributed by atoms with Crippen LogP contribution in [0.4, 0.5) is 0 Å². The largest absolute Gasteiger partial charge is 0.481 e. The zero-order valence-corrected chi connectivity index (χ0v) is 45.9. The predicted molar refractivity (Wildman–Crippen MR) is 290 cm³/mol. The number of rotatable bonds is 43. The number of primary amides is 3. The maximum absolute atomic E-state index is 14.0. The summed E-state index contributed by atoms with van der Waals surface area (Å²) in [5, 5.41) is 69.0. The van der Waals surface area contributed by atoms with Gasteiger partial charge in [-0.2, -0.15) is 0 Å². The van der Waals surface area contributed by atoms with E-state index in [4.69, 9.17) is 51.6 Å². The molecular formula is C45H80N20O19. The van der Waals surface area contributed by atoms with Crippen molar-refractivity contribution in [1.82, 2.24) is 47.9 Å². The lowest BCUT2D eigenvalue weighted by atomic mass is 10.0.